The molecule has 6 heteroatoms. The van der Waals surface area contributed by atoms with Crippen LogP contribution in [0, 0.1) is 5.41 Å². The van der Waals surface area contributed by atoms with Crippen LogP contribution >= 0.6 is 11.6 Å². The van der Waals surface area contributed by atoms with Crippen LogP contribution in [-0.2, 0) is 0 Å². The predicted octanol–water partition coefficient (Wildman–Crippen LogP) is 3.94. The highest BCUT2D eigenvalue weighted by Crippen LogP contribution is 2.47. The second-order valence-corrected chi connectivity index (χ2v) is 7.72. The Labute approximate surface area is 159 Å². The van der Waals surface area contributed by atoms with Crippen molar-refractivity contribution < 1.29 is 9.84 Å². The van der Waals surface area contributed by atoms with E-state index in [1.165, 1.54) is 0 Å². The van der Waals surface area contributed by atoms with Crippen LogP contribution in [0.4, 0.5) is 0 Å². The summed E-state index contributed by atoms with van der Waals surface area (Å²) < 4.78 is 7.96. The monoisotopic (exact) mass is 373 g/mol. The molecule has 0 bridgehead atoms. The second kappa shape index (κ2) is 7.25. The van der Waals surface area contributed by atoms with Gasteiger partial charge in [-0.3, -0.25) is 4.99 Å². The molecule has 0 radical (unpaired) electrons. The number of aromatic nitrogens is 2. The van der Waals surface area contributed by atoms with Gasteiger partial charge in [0.25, 0.3) is 0 Å². The van der Waals surface area contributed by atoms with E-state index < -0.39 is 17.1 Å². The van der Waals surface area contributed by atoms with Gasteiger partial charge in [0.15, 0.2) is 0 Å². The standard InChI is InChI=1S/C20H24ClN3O2/c1-15(25)18(24-12-11-22-14-24)20(9-4-10-23-20)19(2,3)13-26-17-7-5-16(21)6-8-17/h4-12,14-15,18,25H,13H2,1-3H3. The fourth-order valence-corrected chi connectivity index (χ4v) is 3.69. The normalized spacial score (nSPS) is 21.7. The van der Waals surface area contributed by atoms with Crippen molar-refractivity contribution in [2.24, 2.45) is 10.4 Å². The molecule has 26 heavy (non-hydrogen) atoms. The molecule has 1 N–H and O–H groups in total. The highest BCUT2D eigenvalue weighted by atomic mass is 35.5. The summed E-state index contributed by atoms with van der Waals surface area (Å²) in [5.74, 6) is 0.750. The zero-order valence-electron chi connectivity index (χ0n) is 15.2. The maximum absolute atomic E-state index is 10.6. The SMILES string of the molecule is CC(O)C(n1ccnc1)C1(C(C)(C)COc2ccc(Cl)cc2)C=CC=N1. The van der Waals surface area contributed by atoms with Crippen molar-refractivity contribution in [1.82, 2.24) is 9.55 Å². The van der Waals surface area contributed by atoms with Crippen molar-refractivity contribution in [1.29, 1.82) is 0 Å². The van der Waals surface area contributed by atoms with Gasteiger partial charge in [-0.25, -0.2) is 4.98 Å². The minimum Gasteiger partial charge on any atom is -0.493 e. The third kappa shape index (κ3) is 3.41. The number of nitrogens with zero attached hydrogens (tertiary/aromatic N) is 3. The molecular weight excluding hydrogens is 350 g/mol. The van der Waals surface area contributed by atoms with Crippen LogP contribution in [0.25, 0.3) is 0 Å². The molecule has 3 rings (SSSR count). The summed E-state index contributed by atoms with van der Waals surface area (Å²) in [5.41, 5.74) is -1.06. The Kier molecular flexibility index (Phi) is 5.21. The van der Waals surface area contributed by atoms with E-state index in [4.69, 9.17) is 21.3 Å². The first-order valence-corrected chi connectivity index (χ1v) is 9.00. The number of hydrogen-bond acceptors (Lipinski definition) is 4. The molecule has 3 unspecified atom stereocenters. The number of imidazole rings is 1. The lowest BCUT2D eigenvalue weighted by Crippen LogP contribution is -2.53. The summed E-state index contributed by atoms with van der Waals surface area (Å²) in [6.45, 7) is 6.41. The van der Waals surface area contributed by atoms with Gasteiger partial charge in [0.05, 0.1) is 25.1 Å². The Balaban J connectivity index is 1.91. The molecule has 1 aliphatic rings. The first-order valence-electron chi connectivity index (χ1n) is 8.63. The van der Waals surface area contributed by atoms with E-state index in [9.17, 15) is 5.11 Å². The Hall–Kier alpha value is -2.11. The minimum absolute atomic E-state index is 0.302. The molecule has 3 atom stereocenters. The summed E-state index contributed by atoms with van der Waals surface area (Å²) in [4.78, 5) is 8.94. The van der Waals surface area contributed by atoms with E-state index in [1.54, 1.807) is 37.8 Å². The number of aliphatic hydroxyl groups excluding tert-OH is 1. The van der Waals surface area contributed by atoms with Gasteiger partial charge in [0, 0.05) is 29.0 Å². The van der Waals surface area contributed by atoms with E-state index in [0.717, 1.165) is 5.75 Å². The molecule has 138 valence electrons. The lowest BCUT2D eigenvalue weighted by molar-refractivity contribution is 0.0227. The maximum Gasteiger partial charge on any atom is 0.119 e. The Morgan fingerprint density at radius 3 is 2.58 bits per heavy atom. The molecule has 0 aliphatic carbocycles. The van der Waals surface area contributed by atoms with E-state index in [-0.39, 0.29) is 6.04 Å². The fourth-order valence-electron chi connectivity index (χ4n) is 3.56. The molecule has 1 aromatic carbocycles. The number of benzene rings is 1. The predicted molar refractivity (Wildman–Crippen MR) is 104 cm³/mol. The fraction of sp³-hybridized carbons (Fsp3) is 0.400. The van der Waals surface area contributed by atoms with Crippen molar-refractivity contribution >= 4 is 17.8 Å². The van der Waals surface area contributed by atoms with E-state index in [2.05, 4.69) is 24.9 Å². The van der Waals surface area contributed by atoms with Gasteiger partial charge in [-0.1, -0.05) is 31.5 Å². The first-order chi connectivity index (χ1) is 12.4. The van der Waals surface area contributed by atoms with Crippen LogP contribution < -0.4 is 4.74 Å². The van der Waals surface area contributed by atoms with Crippen molar-refractivity contribution in [3.05, 3.63) is 60.2 Å². The molecule has 5 nitrogen and oxygen atoms in total. The van der Waals surface area contributed by atoms with E-state index in [1.807, 2.05) is 29.0 Å². The molecule has 2 aromatic rings. The Morgan fingerprint density at radius 2 is 2.04 bits per heavy atom. The molecule has 0 fully saturated rings. The van der Waals surface area contributed by atoms with Gasteiger partial charge in [0.2, 0.25) is 0 Å². The average molecular weight is 374 g/mol. The maximum atomic E-state index is 10.6. The topological polar surface area (TPSA) is 59.6 Å². The summed E-state index contributed by atoms with van der Waals surface area (Å²) in [6.07, 6.45) is 10.4. The van der Waals surface area contributed by atoms with Crippen LogP contribution in [0.3, 0.4) is 0 Å². The average Bonchev–Trinajstić information content (AvgIpc) is 3.27. The summed E-state index contributed by atoms with van der Waals surface area (Å²) in [7, 11) is 0. The largest absolute Gasteiger partial charge is 0.493 e. The van der Waals surface area contributed by atoms with Gasteiger partial charge in [-0.2, -0.15) is 0 Å². The molecule has 2 heterocycles. The smallest absolute Gasteiger partial charge is 0.119 e. The number of aliphatic imine (C=N–C) groups is 1. The van der Waals surface area contributed by atoms with E-state index in [0.29, 0.717) is 11.6 Å². The second-order valence-electron chi connectivity index (χ2n) is 7.28. The van der Waals surface area contributed by atoms with Crippen LogP contribution in [0.1, 0.15) is 26.8 Å². The van der Waals surface area contributed by atoms with Gasteiger partial charge >= 0.3 is 0 Å². The highest BCUT2D eigenvalue weighted by Gasteiger charge is 2.52. The lowest BCUT2D eigenvalue weighted by Gasteiger charge is -2.46. The van der Waals surface area contributed by atoms with Gasteiger partial charge in [-0.05, 0) is 37.3 Å². The number of aliphatic hydroxyl groups is 1. The minimum atomic E-state index is -0.658. The van der Waals surface area contributed by atoms with Gasteiger partial charge < -0.3 is 14.4 Å². The molecule has 0 amide bonds. The molecule has 0 saturated heterocycles. The number of ether oxygens (including phenoxy) is 1. The Morgan fingerprint density at radius 1 is 1.31 bits per heavy atom. The van der Waals surface area contributed by atoms with E-state index >= 15 is 0 Å². The molecule has 0 spiro atoms. The van der Waals surface area contributed by atoms with Crippen LogP contribution in [0.15, 0.2) is 60.1 Å². The van der Waals surface area contributed by atoms with Crippen molar-refractivity contribution in [3.8, 4) is 5.75 Å². The van der Waals surface area contributed by atoms with Crippen LogP contribution in [0.5, 0.6) is 5.75 Å². The molecule has 1 aliphatic heterocycles. The number of hydrogen-bond donors (Lipinski definition) is 1. The number of rotatable bonds is 7. The highest BCUT2D eigenvalue weighted by molar-refractivity contribution is 6.30. The number of halogens is 1. The lowest BCUT2D eigenvalue weighted by atomic mass is 9.67. The van der Waals surface area contributed by atoms with Crippen molar-refractivity contribution in [3.63, 3.8) is 0 Å². The van der Waals surface area contributed by atoms with Crippen molar-refractivity contribution in [2.75, 3.05) is 6.61 Å². The Bertz CT molecular complexity index is 768. The summed E-state index contributed by atoms with van der Waals surface area (Å²) in [5, 5.41) is 11.2. The van der Waals surface area contributed by atoms with Crippen molar-refractivity contribution in [2.45, 2.75) is 38.5 Å². The molecule has 0 saturated carbocycles. The van der Waals surface area contributed by atoms with Gasteiger partial charge in [0.1, 0.15) is 11.3 Å². The third-order valence-corrected chi connectivity index (χ3v) is 5.23. The van der Waals surface area contributed by atoms with Gasteiger partial charge in [-0.15, -0.1) is 0 Å². The molecular formula is C20H24ClN3O2. The number of allylic oxidation sites excluding steroid dienone is 1. The summed E-state index contributed by atoms with van der Waals surface area (Å²) in [6, 6.07) is 7.00. The zero-order valence-corrected chi connectivity index (χ0v) is 16.0. The first kappa shape index (κ1) is 18.7. The van der Waals surface area contributed by atoms with Crippen LogP contribution in [0.2, 0.25) is 5.02 Å². The molecule has 1 aromatic heterocycles. The van der Waals surface area contributed by atoms with Crippen LogP contribution in [-0.4, -0.2) is 39.1 Å². The third-order valence-electron chi connectivity index (χ3n) is 4.98. The quantitative estimate of drug-likeness (QED) is 0.799. The summed E-state index contributed by atoms with van der Waals surface area (Å²) >= 11 is 5.94. The zero-order chi connectivity index (χ0) is 18.8.